The maximum atomic E-state index is 12.7. The normalized spacial score (nSPS) is 17.4. The van der Waals surface area contributed by atoms with E-state index < -0.39 is 5.97 Å². The molecule has 5 nitrogen and oxygen atoms in total. The fourth-order valence-corrected chi connectivity index (χ4v) is 3.55. The van der Waals surface area contributed by atoms with Crippen LogP contribution < -0.4 is 9.64 Å². The van der Waals surface area contributed by atoms with E-state index in [0.717, 1.165) is 31.6 Å². The van der Waals surface area contributed by atoms with Gasteiger partial charge < -0.3 is 14.4 Å². The molecule has 2 aromatic rings. The third kappa shape index (κ3) is 2.89. The Kier molecular flexibility index (Phi) is 4.44. The molecule has 27 heavy (non-hydrogen) atoms. The first kappa shape index (κ1) is 17.3. The maximum Gasteiger partial charge on any atom is 0.344 e. The fourth-order valence-electron chi connectivity index (χ4n) is 3.55. The first-order chi connectivity index (χ1) is 13.1. The minimum absolute atomic E-state index is 0.0815. The lowest BCUT2D eigenvalue weighted by molar-refractivity contribution is 0.0710. The van der Waals surface area contributed by atoms with Crippen molar-refractivity contribution in [1.82, 2.24) is 0 Å². The van der Waals surface area contributed by atoms with Gasteiger partial charge in [-0.2, -0.15) is 0 Å². The molecule has 0 fully saturated rings. The summed E-state index contributed by atoms with van der Waals surface area (Å²) in [5.41, 5.74) is 2.57. The number of allylic oxidation sites excluding steroid dienone is 1. The number of carbonyl (C=O) groups excluding carboxylic acids is 2. The van der Waals surface area contributed by atoms with E-state index in [1.54, 1.807) is 30.3 Å². The van der Waals surface area contributed by atoms with Gasteiger partial charge in [0.15, 0.2) is 5.76 Å². The highest BCUT2D eigenvalue weighted by Crippen LogP contribution is 2.40. The van der Waals surface area contributed by atoms with Crippen LogP contribution in [0.15, 0.2) is 48.2 Å². The van der Waals surface area contributed by atoms with Crippen molar-refractivity contribution in [3.8, 4) is 5.75 Å². The average Bonchev–Trinajstić information content (AvgIpc) is 3.19. The molecule has 0 aromatic heterocycles. The zero-order chi connectivity index (χ0) is 19.0. The smallest absolute Gasteiger partial charge is 0.344 e. The first-order valence-electron chi connectivity index (χ1n) is 9.31. The van der Waals surface area contributed by atoms with Crippen LogP contribution in [-0.4, -0.2) is 24.8 Å². The van der Waals surface area contributed by atoms with Gasteiger partial charge in [0.1, 0.15) is 5.75 Å². The number of fused-ring (bicyclic) bond motifs is 2. The fraction of sp³-hybridized carbons (Fsp3) is 0.273. The van der Waals surface area contributed by atoms with Crippen molar-refractivity contribution >= 4 is 23.2 Å². The summed E-state index contributed by atoms with van der Waals surface area (Å²) in [6.07, 6.45) is 2.05. The Bertz CT molecular complexity index is 955. The van der Waals surface area contributed by atoms with Crippen LogP contribution in [0.1, 0.15) is 53.0 Å². The topological polar surface area (TPSA) is 55.8 Å². The van der Waals surface area contributed by atoms with Crippen LogP contribution in [0.3, 0.4) is 0 Å². The van der Waals surface area contributed by atoms with Crippen molar-refractivity contribution in [2.24, 2.45) is 0 Å². The number of nitrogens with zero attached hydrogens (tertiary/aromatic N) is 1. The Balaban J connectivity index is 1.79. The maximum absolute atomic E-state index is 12.7. The molecule has 2 aliphatic rings. The number of ether oxygens (including phenoxy) is 2. The number of rotatable bonds is 5. The van der Waals surface area contributed by atoms with Gasteiger partial charge >= 0.3 is 5.97 Å². The van der Waals surface area contributed by atoms with Crippen LogP contribution >= 0.6 is 0 Å². The van der Waals surface area contributed by atoms with Crippen molar-refractivity contribution in [1.29, 1.82) is 0 Å². The molecule has 0 amide bonds. The first-order valence-corrected chi connectivity index (χ1v) is 9.31. The minimum atomic E-state index is -0.455. The second-order valence-corrected chi connectivity index (χ2v) is 6.69. The van der Waals surface area contributed by atoms with Crippen LogP contribution in [0.2, 0.25) is 0 Å². The zero-order valence-corrected chi connectivity index (χ0v) is 15.5. The molecule has 5 heteroatoms. The Labute approximate surface area is 158 Å². The van der Waals surface area contributed by atoms with E-state index in [9.17, 15) is 9.59 Å². The summed E-state index contributed by atoms with van der Waals surface area (Å²) in [5, 5.41) is 0. The highest BCUT2D eigenvalue weighted by molar-refractivity contribution is 6.18. The van der Waals surface area contributed by atoms with E-state index in [0.29, 0.717) is 22.4 Å². The molecule has 0 radical (unpaired) electrons. The molecule has 138 valence electrons. The van der Waals surface area contributed by atoms with Gasteiger partial charge in [-0.15, -0.1) is 0 Å². The highest BCUT2D eigenvalue weighted by Gasteiger charge is 2.37. The second kappa shape index (κ2) is 6.91. The molecule has 0 N–H and O–H groups in total. The summed E-state index contributed by atoms with van der Waals surface area (Å²) in [4.78, 5) is 27.3. The Morgan fingerprint density at radius 3 is 2.26 bits per heavy atom. The van der Waals surface area contributed by atoms with Gasteiger partial charge in [0.05, 0.1) is 11.1 Å². The third-order valence-corrected chi connectivity index (χ3v) is 4.77. The lowest BCUT2D eigenvalue weighted by atomic mass is 10.0. The number of esters is 1. The van der Waals surface area contributed by atoms with Crippen molar-refractivity contribution in [2.75, 3.05) is 18.0 Å². The molecule has 2 aliphatic heterocycles. The molecule has 0 atom stereocenters. The Morgan fingerprint density at radius 1 is 0.815 bits per heavy atom. The predicted molar refractivity (Wildman–Crippen MR) is 103 cm³/mol. The molecule has 2 aromatic carbocycles. The van der Waals surface area contributed by atoms with Gasteiger partial charge in [-0.1, -0.05) is 26.0 Å². The summed E-state index contributed by atoms with van der Waals surface area (Å²) < 4.78 is 11.2. The Morgan fingerprint density at radius 2 is 1.56 bits per heavy atom. The average molecular weight is 363 g/mol. The monoisotopic (exact) mass is 363 g/mol. The van der Waals surface area contributed by atoms with Gasteiger partial charge in [0.25, 0.3) is 0 Å². The largest absolute Gasteiger partial charge is 0.448 e. The van der Waals surface area contributed by atoms with Gasteiger partial charge in [0.2, 0.25) is 11.5 Å². The summed E-state index contributed by atoms with van der Waals surface area (Å²) in [6.45, 7) is 6.12. The number of anilines is 1. The molecule has 4 rings (SSSR count). The van der Waals surface area contributed by atoms with E-state index in [1.165, 1.54) is 0 Å². The lowest BCUT2D eigenvalue weighted by Crippen LogP contribution is -2.24. The third-order valence-electron chi connectivity index (χ3n) is 4.77. The van der Waals surface area contributed by atoms with Crippen LogP contribution in [0.25, 0.3) is 5.76 Å². The summed E-state index contributed by atoms with van der Waals surface area (Å²) >= 11 is 0. The van der Waals surface area contributed by atoms with Crippen molar-refractivity contribution < 1.29 is 19.1 Å². The molecular weight excluding hydrogens is 342 g/mol. The zero-order valence-electron chi connectivity index (χ0n) is 15.5. The number of hydrogen-bond donors (Lipinski definition) is 0. The van der Waals surface area contributed by atoms with Gasteiger partial charge in [-0.05, 0) is 43.2 Å². The quantitative estimate of drug-likeness (QED) is 0.581. The van der Waals surface area contributed by atoms with Crippen LogP contribution in [0, 0.1) is 0 Å². The van der Waals surface area contributed by atoms with E-state index in [1.807, 2.05) is 12.1 Å². The van der Waals surface area contributed by atoms with E-state index >= 15 is 0 Å². The molecule has 0 bridgehead atoms. The highest BCUT2D eigenvalue weighted by atomic mass is 16.6. The van der Waals surface area contributed by atoms with Crippen molar-refractivity contribution in [3.63, 3.8) is 0 Å². The van der Waals surface area contributed by atoms with Crippen molar-refractivity contribution in [3.05, 3.63) is 64.9 Å². The Hall–Kier alpha value is -3.08. The number of para-hydroxylation sites is 1. The molecule has 2 heterocycles. The van der Waals surface area contributed by atoms with Crippen LogP contribution in [0.4, 0.5) is 5.69 Å². The summed E-state index contributed by atoms with van der Waals surface area (Å²) in [7, 11) is 0. The molecule has 0 unspecified atom stereocenters. The predicted octanol–water partition coefficient (Wildman–Crippen LogP) is 4.43. The van der Waals surface area contributed by atoms with Crippen molar-refractivity contribution in [2.45, 2.75) is 26.7 Å². The molecule has 0 aliphatic carbocycles. The SMILES string of the molecule is CCCN(CCC)c1ccc2c(c1)C(=C1Oc3ccccc3C1=O)OC2=O. The standard InChI is InChI=1S/C22H21NO4/c1-3-11-23(12-4-2)14-9-10-15-17(13-14)20(27-22(15)25)21-19(24)16-7-5-6-8-18(16)26-21/h5-10,13H,3-4,11-12H2,1-2H3. The summed E-state index contributed by atoms with van der Waals surface area (Å²) in [5.74, 6) is 0.0720. The lowest BCUT2D eigenvalue weighted by Gasteiger charge is -2.24. The van der Waals surface area contributed by atoms with E-state index in [2.05, 4.69) is 18.7 Å². The second-order valence-electron chi connectivity index (χ2n) is 6.69. The molecule has 0 saturated heterocycles. The number of cyclic esters (lactones) is 1. The van der Waals surface area contributed by atoms with Gasteiger partial charge in [0, 0.05) is 24.3 Å². The number of Topliss-reactive ketones (excluding diaryl/α,β-unsaturated/α-hetero) is 1. The van der Waals surface area contributed by atoms with Crippen LogP contribution in [-0.2, 0) is 4.74 Å². The minimum Gasteiger partial charge on any atom is -0.448 e. The number of ketones is 1. The van der Waals surface area contributed by atoms with E-state index in [4.69, 9.17) is 9.47 Å². The number of benzene rings is 2. The molecular formula is C22H21NO4. The van der Waals surface area contributed by atoms with E-state index in [-0.39, 0.29) is 17.3 Å². The number of carbonyl (C=O) groups is 2. The van der Waals surface area contributed by atoms with Crippen LogP contribution in [0.5, 0.6) is 5.75 Å². The summed E-state index contributed by atoms with van der Waals surface area (Å²) in [6, 6.07) is 12.7. The van der Waals surface area contributed by atoms with Gasteiger partial charge in [-0.25, -0.2) is 4.79 Å². The molecule has 0 spiro atoms. The molecule has 0 saturated carbocycles. The number of hydrogen-bond acceptors (Lipinski definition) is 5. The van der Waals surface area contributed by atoms with Gasteiger partial charge in [-0.3, -0.25) is 4.79 Å².